The molecule has 0 aliphatic carbocycles. The summed E-state index contributed by atoms with van der Waals surface area (Å²) in [7, 11) is 2.79. The Bertz CT molecular complexity index is 609. The number of rotatable bonds is 7. The van der Waals surface area contributed by atoms with E-state index in [1.807, 2.05) is 21.0 Å². The van der Waals surface area contributed by atoms with E-state index < -0.39 is 9.84 Å². The van der Waals surface area contributed by atoms with Crippen LogP contribution >= 0.6 is 0 Å². The summed E-state index contributed by atoms with van der Waals surface area (Å²) in [6, 6.07) is 8.32. The highest BCUT2D eigenvalue weighted by Gasteiger charge is 2.09. The fraction of sp³-hybridized carbons (Fsp3) is 0.562. The van der Waals surface area contributed by atoms with Gasteiger partial charge in [0.1, 0.15) is 9.84 Å². The molecule has 0 bridgehead atoms. The van der Waals surface area contributed by atoms with Crippen molar-refractivity contribution in [1.82, 2.24) is 10.6 Å². The van der Waals surface area contributed by atoms with Gasteiger partial charge in [0.25, 0.3) is 0 Å². The Morgan fingerprint density at radius 2 is 1.87 bits per heavy atom. The number of sulfone groups is 1. The van der Waals surface area contributed by atoms with Crippen LogP contribution in [0, 0.1) is 0 Å². The van der Waals surface area contributed by atoms with Gasteiger partial charge >= 0.3 is 0 Å². The molecular formula is C16H28N4O2S. The Hall–Kier alpha value is -1.76. The summed E-state index contributed by atoms with van der Waals surface area (Å²) in [5.41, 5.74) is 2.31. The second-order valence-corrected chi connectivity index (χ2v) is 8.21. The Morgan fingerprint density at radius 3 is 2.35 bits per heavy atom. The third-order valence-electron chi connectivity index (χ3n) is 3.44. The summed E-state index contributed by atoms with van der Waals surface area (Å²) < 4.78 is 22.4. The van der Waals surface area contributed by atoms with Crippen LogP contribution in [0.1, 0.15) is 18.9 Å². The normalized spacial score (nSPS) is 13.5. The summed E-state index contributed by atoms with van der Waals surface area (Å²) in [4.78, 5) is 6.23. The van der Waals surface area contributed by atoms with Crippen LogP contribution < -0.4 is 15.5 Å². The van der Waals surface area contributed by atoms with Gasteiger partial charge < -0.3 is 15.5 Å². The second kappa shape index (κ2) is 8.76. The Labute approximate surface area is 139 Å². The third-order valence-corrected chi connectivity index (χ3v) is 4.42. The molecular weight excluding hydrogens is 312 g/mol. The van der Waals surface area contributed by atoms with Crippen molar-refractivity contribution >= 4 is 21.5 Å². The first-order valence-corrected chi connectivity index (χ1v) is 9.68. The maximum absolute atomic E-state index is 11.2. The zero-order valence-electron chi connectivity index (χ0n) is 14.6. The van der Waals surface area contributed by atoms with E-state index in [1.54, 1.807) is 7.05 Å². The van der Waals surface area contributed by atoms with Gasteiger partial charge in [0.15, 0.2) is 5.96 Å². The molecule has 6 nitrogen and oxygen atoms in total. The average Bonchev–Trinajstić information content (AvgIpc) is 2.49. The van der Waals surface area contributed by atoms with Gasteiger partial charge in [-0.05, 0) is 31.0 Å². The summed E-state index contributed by atoms with van der Waals surface area (Å²) in [5, 5.41) is 6.44. The molecule has 0 aromatic heterocycles. The van der Waals surface area contributed by atoms with E-state index in [1.165, 1.54) is 6.26 Å². The standard InChI is InChI=1S/C16H28N4O2S/c1-13(10-11-23(5,21)22)19-16(17-2)18-12-14-6-8-15(9-7-14)20(3)4/h6-9,13H,10-12H2,1-5H3,(H2,17,18,19). The number of benzene rings is 1. The van der Waals surface area contributed by atoms with Gasteiger partial charge in [0.05, 0.1) is 5.75 Å². The molecule has 0 amide bonds. The molecule has 7 heteroatoms. The molecule has 0 heterocycles. The van der Waals surface area contributed by atoms with E-state index >= 15 is 0 Å². The number of anilines is 1. The number of aliphatic imine (C=N–C) groups is 1. The number of nitrogens with one attached hydrogen (secondary N) is 2. The van der Waals surface area contributed by atoms with Gasteiger partial charge in [0.2, 0.25) is 0 Å². The molecule has 23 heavy (non-hydrogen) atoms. The highest BCUT2D eigenvalue weighted by molar-refractivity contribution is 7.90. The zero-order chi connectivity index (χ0) is 17.5. The zero-order valence-corrected chi connectivity index (χ0v) is 15.4. The van der Waals surface area contributed by atoms with Crippen molar-refractivity contribution in [2.24, 2.45) is 4.99 Å². The van der Waals surface area contributed by atoms with E-state index in [0.717, 1.165) is 11.3 Å². The van der Waals surface area contributed by atoms with Gasteiger partial charge in [-0.3, -0.25) is 4.99 Å². The van der Waals surface area contributed by atoms with Crippen LogP contribution in [0.15, 0.2) is 29.3 Å². The largest absolute Gasteiger partial charge is 0.378 e. The minimum Gasteiger partial charge on any atom is -0.378 e. The number of guanidine groups is 1. The lowest BCUT2D eigenvalue weighted by Gasteiger charge is -2.18. The quantitative estimate of drug-likeness (QED) is 0.577. The molecule has 1 rings (SSSR count). The molecule has 0 saturated carbocycles. The smallest absolute Gasteiger partial charge is 0.191 e. The summed E-state index contributed by atoms with van der Waals surface area (Å²) in [5.74, 6) is 0.840. The number of nitrogens with zero attached hydrogens (tertiary/aromatic N) is 2. The molecule has 1 atom stereocenters. The van der Waals surface area contributed by atoms with Crippen molar-refractivity contribution in [2.45, 2.75) is 25.9 Å². The van der Waals surface area contributed by atoms with Gasteiger partial charge in [-0.1, -0.05) is 12.1 Å². The topological polar surface area (TPSA) is 73.8 Å². The van der Waals surface area contributed by atoms with Crippen LogP contribution in [0.5, 0.6) is 0 Å². The summed E-state index contributed by atoms with van der Waals surface area (Å²) in [6.07, 6.45) is 1.81. The van der Waals surface area contributed by atoms with Crippen molar-refractivity contribution < 1.29 is 8.42 Å². The Morgan fingerprint density at radius 1 is 1.26 bits per heavy atom. The third kappa shape index (κ3) is 7.88. The first-order valence-electron chi connectivity index (χ1n) is 7.62. The molecule has 1 aromatic rings. The van der Waals surface area contributed by atoms with Crippen LogP contribution in [0.2, 0.25) is 0 Å². The maximum atomic E-state index is 11.2. The molecule has 0 saturated heterocycles. The highest BCUT2D eigenvalue weighted by atomic mass is 32.2. The molecule has 130 valence electrons. The van der Waals surface area contributed by atoms with Crippen LogP contribution in [0.3, 0.4) is 0 Å². The SMILES string of the molecule is CN=C(NCc1ccc(N(C)C)cc1)NC(C)CCS(C)(=O)=O. The van der Waals surface area contributed by atoms with Crippen molar-refractivity contribution in [3.05, 3.63) is 29.8 Å². The molecule has 0 aliphatic rings. The number of hydrogen-bond acceptors (Lipinski definition) is 4. The average molecular weight is 340 g/mol. The predicted octanol–water partition coefficient (Wildman–Crippen LogP) is 1.24. The number of hydrogen-bond donors (Lipinski definition) is 2. The fourth-order valence-corrected chi connectivity index (χ4v) is 2.77. The van der Waals surface area contributed by atoms with Crippen LogP contribution in [-0.2, 0) is 16.4 Å². The molecule has 1 aromatic carbocycles. The lowest BCUT2D eigenvalue weighted by atomic mass is 10.2. The summed E-state index contributed by atoms with van der Waals surface area (Å²) in [6.45, 7) is 2.61. The Balaban J connectivity index is 2.47. The van der Waals surface area contributed by atoms with Gasteiger partial charge in [-0.25, -0.2) is 8.42 Å². The van der Waals surface area contributed by atoms with E-state index in [-0.39, 0.29) is 11.8 Å². The first kappa shape index (κ1) is 19.3. The van der Waals surface area contributed by atoms with Crippen LogP contribution in [0.25, 0.3) is 0 Å². The second-order valence-electron chi connectivity index (χ2n) is 5.95. The van der Waals surface area contributed by atoms with E-state index in [4.69, 9.17) is 0 Å². The van der Waals surface area contributed by atoms with Crippen molar-refractivity contribution in [1.29, 1.82) is 0 Å². The maximum Gasteiger partial charge on any atom is 0.191 e. The van der Waals surface area contributed by atoms with E-state index in [0.29, 0.717) is 18.9 Å². The minimum atomic E-state index is -2.93. The Kier molecular flexibility index (Phi) is 7.35. The molecule has 0 spiro atoms. The first-order chi connectivity index (χ1) is 10.7. The van der Waals surface area contributed by atoms with Crippen LogP contribution in [0.4, 0.5) is 5.69 Å². The fourth-order valence-electron chi connectivity index (χ4n) is 1.99. The minimum absolute atomic E-state index is 0.0343. The molecule has 0 fully saturated rings. The van der Waals surface area contributed by atoms with Crippen molar-refractivity contribution in [3.8, 4) is 0 Å². The van der Waals surface area contributed by atoms with Gasteiger partial charge in [-0.15, -0.1) is 0 Å². The molecule has 0 radical (unpaired) electrons. The summed E-state index contributed by atoms with van der Waals surface area (Å²) >= 11 is 0. The van der Waals surface area contributed by atoms with Crippen molar-refractivity contribution in [2.75, 3.05) is 38.1 Å². The van der Waals surface area contributed by atoms with Crippen molar-refractivity contribution in [3.63, 3.8) is 0 Å². The molecule has 0 aliphatic heterocycles. The van der Waals surface area contributed by atoms with Crippen LogP contribution in [-0.4, -0.2) is 53.6 Å². The molecule has 2 N–H and O–H groups in total. The lowest BCUT2D eigenvalue weighted by molar-refractivity contribution is 0.581. The van der Waals surface area contributed by atoms with E-state index in [9.17, 15) is 8.42 Å². The van der Waals surface area contributed by atoms with Gasteiger partial charge in [-0.2, -0.15) is 0 Å². The molecule has 1 unspecified atom stereocenters. The van der Waals surface area contributed by atoms with Gasteiger partial charge in [0, 0.05) is 45.7 Å². The lowest BCUT2D eigenvalue weighted by Crippen LogP contribution is -2.42. The predicted molar refractivity (Wildman–Crippen MR) is 97.9 cm³/mol. The monoisotopic (exact) mass is 340 g/mol. The van der Waals surface area contributed by atoms with E-state index in [2.05, 4.69) is 44.8 Å². The highest BCUT2D eigenvalue weighted by Crippen LogP contribution is 2.11.